The van der Waals surface area contributed by atoms with Crippen LogP contribution in [0.25, 0.3) is 10.8 Å². The highest BCUT2D eigenvalue weighted by Crippen LogP contribution is 2.13. The number of carbonyl (C=O) groups is 1. The molecule has 0 atom stereocenters. The Labute approximate surface area is 123 Å². The lowest BCUT2D eigenvalue weighted by Crippen LogP contribution is -2.37. The third-order valence-corrected chi connectivity index (χ3v) is 3.46. The average molecular weight is 278 g/mol. The van der Waals surface area contributed by atoms with Crippen molar-refractivity contribution in [3.63, 3.8) is 0 Å². The zero-order valence-electron chi connectivity index (χ0n) is 11.8. The van der Waals surface area contributed by atoms with Crippen molar-refractivity contribution in [3.05, 3.63) is 72.6 Å². The van der Waals surface area contributed by atoms with Gasteiger partial charge in [0.05, 0.1) is 7.11 Å². The van der Waals surface area contributed by atoms with E-state index in [0.717, 1.165) is 5.39 Å². The zero-order chi connectivity index (χ0) is 14.7. The molecule has 3 heteroatoms. The fraction of sp³-hybridized carbons (Fsp3) is 0.111. The van der Waals surface area contributed by atoms with Crippen LogP contribution < -0.4 is 9.30 Å². The maximum Gasteiger partial charge on any atom is 0.227 e. The molecule has 21 heavy (non-hydrogen) atoms. The molecule has 0 aliphatic carbocycles. The van der Waals surface area contributed by atoms with Gasteiger partial charge in [0.1, 0.15) is 5.75 Å². The Kier molecular flexibility index (Phi) is 3.65. The summed E-state index contributed by atoms with van der Waals surface area (Å²) < 4.78 is 7.06. The van der Waals surface area contributed by atoms with Gasteiger partial charge in [-0.2, -0.15) is 4.57 Å². The highest BCUT2D eigenvalue weighted by Gasteiger charge is 2.13. The van der Waals surface area contributed by atoms with Crippen LogP contribution in [0.15, 0.2) is 67.0 Å². The van der Waals surface area contributed by atoms with E-state index in [2.05, 4.69) is 6.07 Å². The number of benzene rings is 2. The molecular weight excluding hydrogens is 262 g/mol. The van der Waals surface area contributed by atoms with Gasteiger partial charge < -0.3 is 4.74 Å². The predicted octanol–water partition coefficient (Wildman–Crippen LogP) is 3.02. The molecule has 0 aliphatic heterocycles. The van der Waals surface area contributed by atoms with E-state index in [1.165, 1.54) is 5.39 Å². The minimum atomic E-state index is 0.0641. The number of hydrogen-bond acceptors (Lipinski definition) is 2. The van der Waals surface area contributed by atoms with Crippen molar-refractivity contribution in [3.8, 4) is 5.75 Å². The first-order valence-corrected chi connectivity index (χ1v) is 6.81. The van der Waals surface area contributed by atoms with Crippen LogP contribution in [0.5, 0.6) is 5.75 Å². The molecule has 0 bridgehead atoms. The number of aromatic nitrogens is 1. The van der Waals surface area contributed by atoms with Crippen LogP contribution in [0.1, 0.15) is 10.4 Å². The van der Waals surface area contributed by atoms with Crippen LogP contribution in [-0.4, -0.2) is 12.9 Å². The molecular formula is C18H16NO2+. The molecule has 3 aromatic rings. The number of rotatable bonds is 4. The minimum Gasteiger partial charge on any atom is -0.497 e. The Morgan fingerprint density at radius 2 is 1.86 bits per heavy atom. The first kappa shape index (κ1) is 13.3. The van der Waals surface area contributed by atoms with Gasteiger partial charge in [-0.15, -0.1) is 0 Å². The Hall–Kier alpha value is -2.68. The smallest absolute Gasteiger partial charge is 0.227 e. The van der Waals surface area contributed by atoms with Gasteiger partial charge in [-0.1, -0.05) is 30.3 Å². The van der Waals surface area contributed by atoms with Crippen LogP contribution >= 0.6 is 0 Å². The van der Waals surface area contributed by atoms with E-state index in [1.807, 2.05) is 59.4 Å². The van der Waals surface area contributed by atoms with E-state index >= 15 is 0 Å². The van der Waals surface area contributed by atoms with Gasteiger partial charge in [0.2, 0.25) is 12.3 Å². The van der Waals surface area contributed by atoms with Crippen LogP contribution in [0, 0.1) is 0 Å². The highest BCUT2D eigenvalue weighted by molar-refractivity contribution is 5.95. The molecule has 2 aromatic carbocycles. The normalized spacial score (nSPS) is 10.5. The second-order valence-electron chi connectivity index (χ2n) is 4.90. The van der Waals surface area contributed by atoms with Crippen LogP contribution in [0.3, 0.4) is 0 Å². The topological polar surface area (TPSA) is 30.2 Å². The first-order valence-electron chi connectivity index (χ1n) is 6.81. The Morgan fingerprint density at radius 3 is 2.67 bits per heavy atom. The summed E-state index contributed by atoms with van der Waals surface area (Å²) in [4.78, 5) is 12.3. The zero-order valence-corrected chi connectivity index (χ0v) is 11.8. The van der Waals surface area contributed by atoms with Crippen molar-refractivity contribution in [2.24, 2.45) is 0 Å². The fourth-order valence-electron chi connectivity index (χ4n) is 2.33. The fourth-order valence-corrected chi connectivity index (χ4v) is 2.33. The van der Waals surface area contributed by atoms with Crippen molar-refractivity contribution in [1.29, 1.82) is 0 Å². The summed E-state index contributed by atoms with van der Waals surface area (Å²) >= 11 is 0. The molecule has 3 nitrogen and oxygen atoms in total. The molecule has 0 aliphatic rings. The molecule has 0 amide bonds. The van der Waals surface area contributed by atoms with Crippen LogP contribution in [0.2, 0.25) is 0 Å². The van der Waals surface area contributed by atoms with E-state index in [0.29, 0.717) is 17.9 Å². The summed E-state index contributed by atoms with van der Waals surface area (Å²) in [5.41, 5.74) is 0.662. The van der Waals surface area contributed by atoms with Gasteiger partial charge >= 0.3 is 0 Å². The molecule has 0 saturated carbocycles. The lowest BCUT2D eigenvalue weighted by molar-refractivity contribution is -0.681. The third kappa shape index (κ3) is 2.92. The summed E-state index contributed by atoms with van der Waals surface area (Å²) in [7, 11) is 1.60. The molecule has 0 radical (unpaired) electrons. The first-order chi connectivity index (χ1) is 10.3. The quantitative estimate of drug-likeness (QED) is 0.542. The molecule has 0 N–H and O–H groups in total. The van der Waals surface area contributed by atoms with Crippen molar-refractivity contribution < 1.29 is 14.1 Å². The predicted molar refractivity (Wildman–Crippen MR) is 81.5 cm³/mol. The van der Waals surface area contributed by atoms with Crippen molar-refractivity contribution in [1.82, 2.24) is 0 Å². The van der Waals surface area contributed by atoms with E-state index < -0.39 is 0 Å². The van der Waals surface area contributed by atoms with Crippen LogP contribution in [-0.2, 0) is 6.54 Å². The lowest BCUT2D eigenvalue weighted by Gasteiger charge is -2.02. The molecule has 3 rings (SSSR count). The number of ether oxygens (including phenoxy) is 1. The minimum absolute atomic E-state index is 0.0641. The number of carbonyl (C=O) groups excluding carboxylic acids is 1. The summed E-state index contributed by atoms with van der Waals surface area (Å²) in [6, 6.07) is 17.4. The van der Waals surface area contributed by atoms with Crippen LogP contribution in [0.4, 0.5) is 0 Å². The lowest BCUT2D eigenvalue weighted by atomic mass is 10.1. The van der Waals surface area contributed by atoms with Gasteiger partial charge in [-0.3, -0.25) is 4.79 Å². The maximum absolute atomic E-state index is 12.3. The van der Waals surface area contributed by atoms with Gasteiger partial charge in [-0.05, 0) is 23.6 Å². The number of methoxy groups -OCH3 is 1. The number of fused-ring (bicyclic) bond motifs is 1. The number of Topliss-reactive ketones (excluding diaryl/α,β-unsaturated/α-hetero) is 1. The maximum atomic E-state index is 12.3. The highest BCUT2D eigenvalue weighted by atomic mass is 16.5. The van der Waals surface area contributed by atoms with E-state index in [-0.39, 0.29) is 5.78 Å². The van der Waals surface area contributed by atoms with Gasteiger partial charge in [-0.25, -0.2) is 0 Å². The monoisotopic (exact) mass is 278 g/mol. The third-order valence-electron chi connectivity index (χ3n) is 3.46. The van der Waals surface area contributed by atoms with Crippen molar-refractivity contribution >= 4 is 16.6 Å². The van der Waals surface area contributed by atoms with Gasteiger partial charge in [0.15, 0.2) is 12.4 Å². The Morgan fingerprint density at radius 1 is 1.05 bits per heavy atom. The second kappa shape index (κ2) is 5.75. The molecule has 0 saturated heterocycles. The summed E-state index contributed by atoms with van der Waals surface area (Å²) in [6.45, 7) is 0.317. The standard InChI is InChI=1S/C18H16NO2/c1-21-17-8-4-7-15(11-17)18(20)13-19-10-9-14-5-2-3-6-16(14)12-19/h2-12H,13H2,1H3/q+1. The molecule has 0 fully saturated rings. The van der Waals surface area contributed by atoms with Gasteiger partial charge in [0, 0.05) is 17.0 Å². The second-order valence-corrected chi connectivity index (χ2v) is 4.90. The summed E-state index contributed by atoms with van der Waals surface area (Å²) in [5, 5.41) is 2.29. The largest absolute Gasteiger partial charge is 0.497 e. The van der Waals surface area contributed by atoms with Crippen molar-refractivity contribution in [2.45, 2.75) is 6.54 Å². The average Bonchev–Trinajstić information content (AvgIpc) is 2.54. The number of hydrogen-bond donors (Lipinski definition) is 0. The molecule has 0 unspecified atom stereocenters. The number of nitrogens with zero attached hydrogens (tertiary/aromatic N) is 1. The SMILES string of the molecule is COc1cccc(C(=O)C[n+]2ccc3ccccc3c2)c1. The Bertz CT molecular complexity index is 796. The summed E-state index contributed by atoms with van der Waals surface area (Å²) in [6.07, 6.45) is 3.92. The molecule has 1 heterocycles. The Balaban J connectivity index is 1.85. The molecule has 0 spiro atoms. The molecule has 104 valence electrons. The van der Waals surface area contributed by atoms with E-state index in [1.54, 1.807) is 13.2 Å². The van der Waals surface area contributed by atoms with Crippen molar-refractivity contribution in [2.75, 3.05) is 7.11 Å². The van der Waals surface area contributed by atoms with E-state index in [4.69, 9.17) is 4.74 Å². The number of pyridine rings is 1. The van der Waals surface area contributed by atoms with E-state index in [9.17, 15) is 4.79 Å². The molecule has 1 aromatic heterocycles. The van der Waals surface area contributed by atoms with Gasteiger partial charge in [0.25, 0.3) is 0 Å². The summed E-state index contributed by atoms with van der Waals surface area (Å²) in [5.74, 6) is 0.763. The number of ketones is 1.